The molecule has 0 aliphatic carbocycles. The van der Waals surface area contributed by atoms with E-state index in [4.69, 9.17) is 5.73 Å². The smallest absolute Gasteiger partial charge is 0.265 e. The molecule has 252 valence electrons. The number of nitrogens with one attached hydrogen (secondary N) is 2. The third kappa shape index (κ3) is 11.2. The Morgan fingerprint density at radius 3 is 1.98 bits per heavy atom. The van der Waals surface area contributed by atoms with E-state index in [1.807, 2.05) is 26.8 Å². The molecule has 0 aliphatic heterocycles. The third-order valence-electron chi connectivity index (χ3n) is 7.66. The van der Waals surface area contributed by atoms with Crippen LogP contribution in [0, 0.1) is 0 Å². The molecular formula is C36H47N5O6. The summed E-state index contributed by atoms with van der Waals surface area (Å²) in [5.41, 5.74) is 9.89. The SMILES string of the molecule is CCCCN(CC(O)C(Cc1ccc(O)cc1)NC(=O)c1cc(C(N)=O)cc(C(=O)N(CCC)CCC)c1)NC(=O)c1ccccc1. The molecule has 6 N–H and O–H groups in total. The van der Waals surface area contributed by atoms with Gasteiger partial charge in [-0.15, -0.1) is 0 Å². The van der Waals surface area contributed by atoms with Crippen molar-refractivity contribution in [3.63, 3.8) is 0 Å². The topological polar surface area (TPSA) is 165 Å². The number of aliphatic hydroxyl groups is 1. The lowest BCUT2D eigenvalue weighted by atomic mass is 9.99. The van der Waals surface area contributed by atoms with Gasteiger partial charge < -0.3 is 26.2 Å². The molecule has 47 heavy (non-hydrogen) atoms. The molecular weight excluding hydrogens is 598 g/mol. The monoisotopic (exact) mass is 645 g/mol. The van der Waals surface area contributed by atoms with E-state index >= 15 is 0 Å². The van der Waals surface area contributed by atoms with Crippen LogP contribution in [0.4, 0.5) is 0 Å². The largest absolute Gasteiger partial charge is 0.508 e. The number of phenolic OH excluding ortho intramolecular Hbond substituents is 1. The summed E-state index contributed by atoms with van der Waals surface area (Å²) in [5, 5.41) is 25.9. The number of hydrogen-bond acceptors (Lipinski definition) is 7. The second-order valence-electron chi connectivity index (χ2n) is 11.6. The van der Waals surface area contributed by atoms with Gasteiger partial charge in [0.15, 0.2) is 0 Å². The van der Waals surface area contributed by atoms with E-state index in [0.29, 0.717) is 25.2 Å². The van der Waals surface area contributed by atoms with Crippen molar-refractivity contribution >= 4 is 23.6 Å². The summed E-state index contributed by atoms with van der Waals surface area (Å²) in [6, 6.07) is 18.4. The zero-order valence-electron chi connectivity index (χ0n) is 27.4. The van der Waals surface area contributed by atoms with E-state index in [1.54, 1.807) is 46.3 Å². The average molecular weight is 646 g/mol. The van der Waals surface area contributed by atoms with Crippen LogP contribution in [-0.2, 0) is 6.42 Å². The lowest BCUT2D eigenvalue weighted by Crippen LogP contribution is -2.53. The zero-order valence-corrected chi connectivity index (χ0v) is 27.4. The molecule has 4 amide bonds. The summed E-state index contributed by atoms with van der Waals surface area (Å²) in [6.45, 7) is 7.44. The van der Waals surface area contributed by atoms with Crippen LogP contribution in [0.25, 0.3) is 0 Å². The van der Waals surface area contributed by atoms with Gasteiger partial charge in [-0.1, -0.05) is 57.5 Å². The predicted octanol–water partition coefficient (Wildman–Crippen LogP) is 3.90. The van der Waals surface area contributed by atoms with Crippen molar-refractivity contribution in [2.75, 3.05) is 26.2 Å². The number of primary amides is 1. The van der Waals surface area contributed by atoms with Crippen LogP contribution in [0.1, 0.15) is 93.4 Å². The number of nitrogens with zero attached hydrogens (tertiary/aromatic N) is 2. The highest BCUT2D eigenvalue weighted by Crippen LogP contribution is 2.17. The summed E-state index contributed by atoms with van der Waals surface area (Å²) >= 11 is 0. The predicted molar refractivity (Wildman–Crippen MR) is 181 cm³/mol. The van der Waals surface area contributed by atoms with Gasteiger partial charge in [-0.3, -0.25) is 24.6 Å². The Bertz CT molecular complexity index is 1470. The normalized spacial score (nSPS) is 12.3. The quantitative estimate of drug-likeness (QED) is 0.131. The molecule has 2 atom stereocenters. The van der Waals surface area contributed by atoms with Gasteiger partial charge in [-0.2, -0.15) is 0 Å². The number of rotatable bonds is 18. The van der Waals surface area contributed by atoms with E-state index < -0.39 is 24.0 Å². The fraction of sp³-hybridized carbons (Fsp3) is 0.389. The molecule has 2 unspecified atom stereocenters. The fourth-order valence-corrected chi connectivity index (χ4v) is 5.18. The molecule has 0 saturated carbocycles. The lowest BCUT2D eigenvalue weighted by molar-refractivity contribution is 0.0446. The summed E-state index contributed by atoms with van der Waals surface area (Å²) in [7, 11) is 0. The van der Waals surface area contributed by atoms with Crippen molar-refractivity contribution in [1.29, 1.82) is 0 Å². The lowest BCUT2D eigenvalue weighted by Gasteiger charge is -2.30. The van der Waals surface area contributed by atoms with Crippen molar-refractivity contribution in [3.8, 4) is 5.75 Å². The number of aromatic hydroxyl groups is 1. The van der Waals surface area contributed by atoms with Crippen LogP contribution in [0.2, 0.25) is 0 Å². The van der Waals surface area contributed by atoms with E-state index in [2.05, 4.69) is 10.7 Å². The molecule has 0 aromatic heterocycles. The Kier molecular flexibility index (Phi) is 14.4. The number of aliphatic hydroxyl groups excluding tert-OH is 1. The molecule has 0 bridgehead atoms. The summed E-state index contributed by atoms with van der Waals surface area (Å²) in [5.74, 6) is -1.96. The van der Waals surface area contributed by atoms with Crippen molar-refractivity contribution in [2.45, 2.75) is 65.0 Å². The Balaban J connectivity index is 1.91. The molecule has 11 heteroatoms. The van der Waals surface area contributed by atoms with Gasteiger partial charge in [-0.05, 0) is 73.7 Å². The number of carbonyl (C=O) groups excluding carboxylic acids is 4. The van der Waals surface area contributed by atoms with E-state index in [1.165, 1.54) is 30.3 Å². The molecule has 0 heterocycles. The van der Waals surface area contributed by atoms with Gasteiger partial charge in [0.25, 0.3) is 17.7 Å². The van der Waals surface area contributed by atoms with E-state index in [9.17, 15) is 29.4 Å². The summed E-state index contributed by atoms with van der Waals surface area (Å²) < 4.78 is 0. The average Bonchev–Trinajstić information content (AvgIpc) is 3.07. The van der Waals surface area contributed by atoms with Crippen LogP contribution in [0.3, 0.4) is 0 Å². The number of benzene rings is 3. The first-order valence-corrected chi connectivity index (χ1v) is 16.2. The van der Waals surface area contributed by atoms with Gasteiger partial charge in [0, 0.05) is 48.4 Å². The number of nitrogens with two attached hydrogens (primary N) is 1. The maximum absolute atomic E-state index is 13.8. The number of amides is 4. The Labute approximate surface area is 276 Å². The first kappa shape index (κ1) is 36.7. The molecule has 0 spiro atoms. The van der Waals surface area contributed by atoms with Gasteiger partial charge in [0.2, 0.25) is 5.91 Å². The molecule has 0 aliphatic rings. The standard InChI is InChI=1S/C36H47N5O6/c1-4-7-19-41(39-35(46)26-11-9-8-10-12-26)24-32(43)31(20-25-13-15-30(42)16-14-25)38-34(45)28-21-27(33(37)44)22-29(23-28)36(47)40(17-5-2)18-6-3/h8-16,21-23,31-32,42-43H,4-7,17-20,24H2,1-3H3,(H2,37,44)(H,38,45)(H,39,46). The number of carbonyl (C=O) groups is 4. The second kappa shape index (κ2) is 18.4. The Hall–Kier alpha value is -4.74. The maximum Gasteiger partial charge on any atom is 0.265 e. The molecule has 3 aromatic rings. The van der Waals surface area contributed by atoms with E-state index in [0.717, 1.165) is 31.2 Å². The van der Waals surface area contributed by atoms with Gasteiger partial charge in [0.1, 0.15) is 5.75 Å². The highest BCUT2D eigenvalue weighted by Gasteiger charge is 2.27. The highest BCUT2D eigenvalue weighted by molar-refractivity contribution is 6.04. The molecule has 0 saturated heterocycles. The Morgan fingerprint density at radius 2 is 1.38 bits per heavy atom. The zero-order chi connectivity index (χ0) is 34.3. The van der Waals surface area contributed by atoms with Crippen molar-refractivity contribution < 1.29 is 29.4 Å². The van der Waals surface area contributed by atoms with Gasteiger partial charge in [-0.25, -0.2) is 5.01 Å². The highest BCUT2D eigenvalue weighted by atomic mass is 16.3. The number of hydrazine groups is 1. The minimum atomic E-state index is -1.16. The Morgan fingerprint density at radius 1 is 0.766 bits per heavy atom. The number of unbranched alkanes of at least 4 members (excludes halogenated alkanes) is 1. The first-order chi connectivity index (χ1) is 22.6. The molecule has 0 fully saturated rings. The van der Waals surface area contributed by atoms with E-state index in [-0.39, 0.29) is 47.2 Å². The molecule has 0 radical (unpaired) electrons. The molecule has 11 nitrogen and oxygen atoms in total. The molecule has 3 aromatic carbocycles. The van der Waals surface area contributed by atoms with Crippen LogP contribution < -0.4 is 16.5 Å². The molecule has 3 rings (SSSR count). The minimum absolute atomic E-state index is 0.00430. The first-order valence-electron chi connectivity index (χ1n) is 16.2. The summed E-state index contributed by atoms with van der Waals surface area (Å²) in [4.78, 5) is 54.1. The maximum atomic E-state index is 13.8. The van der Waals surface area contributed by atoms with Crippen molar-refractivity contribution in [2.24, 2.45) is 5.73 Å². The number of hydrogen-bond donors (Lipinski definition) is 5. The summed E-state index contributed by atoms with van der Waals surface area (Å²) in [6.07, 6.45) is 2.11. The third-order valence-corrected chi connectivity index (χ3v) is 7.66. The van der Waals surface area contributed by atoms with Crippen LogP contribution in [0.5, 0.6) is 5.75 Å². The minimum Gasteiger partial charge on any atom is -0.508 e. The van der Waals surface area contributed by atoms with Crippen LogP contribution >= 0.6 is 0 Å². The van der Waals surface area contributed by atoms with Crippen LogP contribution in [0.15, 0.2) is 72.8 Å². The fourth-order valence-electron chi connectivity index (χ4n) is 5.18. The van der Waals surface area contributed by atoms with Crippen molar-refractivity contribution in [3.05, 3.63) is 101 Å². The number of phenols is 1. The van der Waals surface area contributed by atoms with Gasteiger partial charge >= 0.3 is 0 Å². The van der Waals surface area contributed by atoms with Crippen molar-refractivity contribution in [1.82, 2.24) is 20.7 Å². The van der Waals surface area contributed by atoms with Crippen LogP contribution in [-0.4, -0.2) is 82.1 Å². The second-order valence-corrected chi connectivity index (χ2v) is 11.6. The van der Waals surface area contributed by atoms with Gasteiger partial charge in [0.05, 0.1) is 12.1 Å².